The summed E-state index contributed by atoms with van der Waals surface area (Å²) in [6, 6.07) is 5.95. The second-order valence-corrected chi connectivity index (χ2v) is 4.88. The van der Waals surface area contributed by atoms with Gasteiger partial charge in [-0.05, 0) is 24.6 Å². The molecule has 0 radical (unpaired) electrons. The van der Waals surface area contributed by atoms with Crippen molar-refractivity contribution in [3.8, 4) is 0 Å². The van der Waals surface area contributed by atoms with Crippen molar-refractivity contribution in [1.29, 1.82) is 0 Å². The number of carbonyl (C=O) groups is 2. The largest absolute Gasteiger partial charge is 0.377 e. The zero-order valence-corrected chi connectivity index (χ0v) is 11.1. The Bertz CT molecular complexity index is 495. The van der Waals surface area contributed by atoms with E-state index >= 15 is 0 Å². The fraction of sp³-hybridized carbons (Fsp3) is 0.429. The van der Waals surface area contributed by atoms with Gasteiger partial charge in [0.2, 0.25) is 5.91 Å². The van der Waals surface area contributed by atoms with Crippen molar-refractivity contribution in [3.63, 3.8) is 0 Å². The molecule has 96 valence electrons. The summed E-state index contributed by atoms with van der Waals surface area (Å²) >= 11 is 0. The van der Waals surface area contributed by atoms with Crippen LogP contribution in [-0.4, -0.2) is 32.3 Å². The van der Waals surface area contributed by atoms with E-state index in [1.165, 1.54) is 5.56 Å². The maximum absolute atomic E-state index is 11.9. The first kappa shape index (κ1) is 12.6. The van der Waals surface area contributed by atoms with Gasteiger partial charge in [-0.25, -0.2) is 0 Å². The zero-order valence-electron chi connectivity index (χ0n) is 11.1. The summed E-state index contributed by atoms with van der Waals surface area (Å²) in [6.07, 6.45) is 0.488. The number of Topliss-reactive ketones (excluding diaryl/α,β-unsaturated/α-hetero) is 1. The van der Waals surface area contributed by atoms with Gasteiger partial charge >= 0.3 is 0 Å². The quantitative estimate of drug-likeness (QED) is 0.747. The van der Waals surface area contributed by atoms with Crippen molar-refractivity contribution in [1.82, 2.24) is 0 Å². The molecule has 1 amide bonds. The van der Waals surface area contributed by atoms with Crippen molar-refractivity contribution in [2.24, 2.45) is 0 Å². The predicted molar refractivity (Wildman–Crippen MR) is 72.1 cm³/mol. The van der Waals surface area contributed by atoms with Crippen LogP contribution in [0.3, 0.4) is 0 Å². The van der Waals surface area contributed by atoms with Crippen LogP contribution in [0.5, 0.6) is 0 Å². The molecule has 0 aliphatic carbocycles. The molecule has 0 atom stereocenters. The minimum absolute atomic E-state index is 0.0329. The molecule has 0 unspecified atom stereocenters. The zero-order chi connectivity index (χ0) is 13.3. The fourth-order valence-corrected chi connectivity index (χ4v) is 2.23. The van der Waals surface area contributed by atoms with Crippen LogP contribution in [0.4, 0.5) is 11.4 Å². The van der Waals surface area contributed by atoms with Gasteiger partial charge in [-0.3, -0.25) is 9.59 Å². The number of ketones is 1. The van der Waals surface area contributed by atoms with Gasteiger partial charge in [0, 0.05) is 38.4 Å². The Hall–Kier alpha value is -1.84. The van der Waals surface area contributed by atoms with Gasteiger partial charge in [0.05, 0.1) is 6.42 Å². The lowest BCUT2D eigenvalue weighted by Gasteiger charge is -2.27. The van der Waals surface area contributed by atoms with Crippen LogP contribution in [0.15, 0.2) is 18.2 Å². The molecule has 4 nitrogen and oxygen atoms in total. The summed E-state index contributed by atoms with van der Waals surface area (Å²) in [6.45, 7) is 2.54. The average molecular weight is 246 g/mol. The number of anilines is 2. The number of hydrogen-bond acceptors (Lipinski definition) is 3. The maximum atomic E-state index is 11.9. The van der Waals surface area contributed by atoms with Crippen LogP contribution < -0.4 is 9.80 Å². The Kier molecular flexibility index (Phi) is 3.36. The number of aryl methyl sites for hydroxylation is 1. The van der Waals surface area contributed by atoms with E-state index in [9.17, 15) is 9.59 Å². The Morgan fingerprint density at radius 3 is 2.56 bits per heavy atom. The molecule has 1 aliphatic rings. The molecule has 0 bridgehead atoms. The standard InChI is InChI=1S/C14H18N2O2/c1-10-4-5-11(8-13(10)15(2)3)16-7-6-12(17)9-14(16)18/h4-5,8H,6-7,9H2,1-3H3. The Balaban J connectivity index is 2.31. The summed E-state index contributed by atoms with van der Waals surface area (Å²) in [5, 5.41) is 0. The first-order valence-corrected chi connectivity index (χ1v) is 6.09. The van der Waals surface area contributed by atoms with Crippen LogP contribution in [0.2, 0.25) is 0 Å². The van der Waals surface area contributed by atoms with Gasteiger partial charge in [0.1, 0.15) is 5.78 Å². The summed E-state index contributed by atoms with van der Waals surface area (Å²) in [5.41, 5.74) is 3.14. The van der Waals surface area contributed by atoms with Crippen molar-refractivity contribution >= 4 is 23.1 Å². The van der Waals surface area contributed by atoms with Crippen LogP contribution >= 0.6 is 0 Å². The number of nitrogens with zero attached hydrogens (tertiary/aromatic N) is 2. The van der Waals surface area contributed by atoms with Gasteiger partial charge in [-0.2, -0.15) is 0 Å². The van der Waals surface area contributed by atoms with Crippen molar-refractivity contribution in [3.05, 3.63) is 23.8 Å². The first-order chi connectivity index (χ1) is 8.49. The SMILES string of the molecule is Cc1ccc(N2CCC(=O)CC2=O)cc1N(C)C. The molecule has 1 fully saturated rings. The number of hydrogen-bond donors (Lipinski definition) is 0. The molecule has 1 aromatic carbocycles. The lowest BCUT2D eigenvalue weighted by molar-refractivity contribution is -0.128. The van der Waals surface area contributed by atoms with Crippen LogP contribution in [0, 0.1) is 6.92 Å². The maximum Gasteiger partial charge on any atom is 0.234 e. The molecule has 0 N–H and O–H groups in total. The smallest absolute Gasteiger partial charge is 0.234 e. The van der Waals surface area contributed by atoms with E-state index < -0.39 is 0 Å². The third-order valence-corrected chi connectivity index (χ3v) is 3.25. The van der Waals surface area contributed by atoms with Crippen LogP contribution in [0.1, 0.15) is 18.4 Å². The molecule has 1 heterocycles. The molecule has 2 rings (SSSR count). The Morgan fingerprint density at radius 2 is 1.94 bits per heavy atom. The van der Waals surface area contributed by atoms with E-state index in [1.807, 2.05) is 44.1 Å². The number of benzene rings is 1. The molecule has 1 aliphatic heterocycles. The summed E-state index contributed by atoms with van der Waals surface area (Å²) in [4.78, 5) is 26.8. The number of carbonyl (C=O) groups excluding carboxylic acids is 2. The number of amides is 1. The Labute approximate surface area is 107 Å². The highest BCUT2D eigenvalue weighted by molar-refractivity contribution is 6.08. The third-order valence-electron chi connectivity index (χ3n) is 3.25. The van der Waals surface area contributed by atoms with E-state index in [1.54, 1.807) is 4.90 Å². The molecule has 0 spiro atoms. The van der Waals surface area contributed by atoms with Gasteiger partial charge in [0.25, 0.3) is 0 Å². The van der Waals surface area contributed by atoms with Crippen LogP contribution in [-0.2, 0) is 9.59 Å². The summed E-state index contributed by atoms with van der Waals surface area (Å²) in [7, 11) is 3.96. The van der Waals surface area contributed by atoms with Crippen molar-refractivity contribution in [2.75, 3.05) is 30.4 Å². The molecule has 4 heteroatoms. The molecular formula is C14H18N2O2. The number of rotatable bonds is 2. The average Bonchev–Trinajstić information content (AvgIpc) is 2.30. The highest BCUT2D eigenvalue weighted by Crippen LogP contribution is 2.27. The molecule has 1 aromatic rings. The highest BCUT2D eigenvalue weighted by Gasteiger charge is 2.25. The number of piperidine rings is 1. The van der Waals surface area contributed by atoms with Gasteiger partial charge in [0.15, 0.2) is 0 Å². The third kappa shape index (κ3) is 2.37. The minimum atomic E-state index is -0.0974. The molecule has 0 saturated carbocycles. The van der Waals surface area contributed by atoms with E-state index in [4.69, 9.17) is 0 Å². The van der Waals surface area contributed by atoms with E-state index in [0.717, 1.165) is 11.4 Å². The normalized spacial score (nSPS) is 16.1. The minimum Gasteiger partial charge on any atom is -0.377 e. The summed E-state index contributed by atoms with van der Waals surface area (Å²) in [5.74, 6) is -0.0593. The lowest BCUT2D eigenvalue weighted by Crippen LogP contribution is -2.39. The van der Waals surface area contributed by atoms with Gasteiger partial charge < -0.3 is 9.80 Å². The molecular weight excluding hydrogens is 228 g/mol. The van der Waals surface area contributed by atoms with E-state index in [0.29, 0.717) is 13.0 Å². The van der Waals surface area contributed by atoms with Gasteiger partial charge in [-0.1, -0.05) is 6.07 Å². The topological polar surface area (TPSA) is 40.6 Å². The molecule has 18 heavy (non-hydrogen) atoms. The monoisotopic (exact) mass is 246 g/mol. The molecule has 0 aromatic heterocycles. The molecule has 1 saturated heterocycles. The Morgan fingerprint density at radius 1 is 1.22 bits per heavy atom. The van der Waals surface area contributed by atoms with Gasteiger partial charge in [-0.15, -0.1) is 0 Å². The second kappa shape index (κ2) is 4.80. The van der Waals surface area contributed by atoms with Crippen LogP contribution in [0.25, 0.3) is 0 Å². The fourth-order valence-electron chi connectivity index (χ4n) is 2.23. The highest BCUT2D eigenvalue weighted by atomic mass is 16.2. The predicted octanol–water partition coefficient (Wildman–Crippen LogP) is 1.76. The van der Waals surface area contributed by atoms with E-state index in [-0.39, 0.29) is 18.1 Å². The second-order valence-electron chi connectivity index (χ2n) is 4.88. The lowest BCUT2D eigenvalue weighted by atomic mass is 10.1. The summed E-state index contributed by atoms with van der Waals surface area (Å²) < 4.78 is 0. The first-order valence-electron chi connectivity index (χ1n) is 6.09. The van der Waals surface area contributed by atoms with E-state index in [2.05, 4.69) is 0 Å². The van der Waals surface area contributed by atoms with Crippen molar-refractivity contribution in [2.45, 2.75) is 19.8 Å². The van der Waals surface area contributed by atoms with Crippen molar-refractivity contribution < 1.29 is 9.59 Å².